The molecule has 4 heterocycles. The number of nitrogens with one attached hydrogen (secondary N) is 1. The van der Waals surface area contributed by atoms with Gasteiger partial charge in [-0.3, -0.25) is 19.9 Å². The van der Waals surface area contributed by atoms with Gasteiger partial charge in [0.05, 0.1) is 17.2 Å². The third-order valence-corrected chi connectivity index (χ3v) is 9.09. The van der Waals surface area contributed by atoms with Gasteiger partial charge < -0.3 is 19.9 Å². The Morgan fingerprint density at radius 2 is 1.90 bits per heavy atom. The Morgan fingerprint density at radius 3 is 2.57 bits per heavy atom. The van der Waals surface area contributed by atoms with Gasteiger partial charge in [0.25, 0.3) is 11.6 Å². The summed E-state index contributed by atoms with van der Waals surface area (Å²) in [6.45, 7) is 4.53. The van der Waals surface area contributed by atoms with E-state index in [2.05, 4.69) is 20.3 Å². The molecular weight excluding hydrogens is 568 g/mol. The van der Waals surface area contributed by atoms with E-state index < -0.39 is 26.9 Å². The lowest BCUT2D eigenvalue weighted by Crippen LogP contribution is -2.44. The average Bonchev–Trinajstić information content (AvgIpc) is 3.35. The summed E-state index contributed by atoms with van der Waals surface area (Å²) in [6, 6.07) is 7.34. The van der Waals surface area contributed by atoms with Gasteiger partial charge >= 0.3 is 6.09 Å². The molecule has 5 rings (SSSR count). The van der Waals surface area contributed by atoms with Crippen LogP contribution >= 0.6 is 0 Å². The van der Waals surface area contributed by atoms with E-state index in [-0.39, 0.29) is 53.6 Å². The van der Waals surface area contributed by atoms with Gasteiger partial charge in [-0.05, 0) is 38.2 Å². The molecule has 16 heteroatoms. The number of benzene rings is 1. The summed E-state index contributed by atoms with van der Waals surface area (Å²) >= 11 is 0. The van der Waals surface area contributed by atoms with Gasteiger partial charge in [0, 0.05) is 75.4 Å². The number of pyridine rings is 1. The summed E-state index contributed by atoms with van der Waals surface area (Å²) in [5.74, 6) is -0.915. The first-order valence-electron chi connectivity index (χ1n) is 13.3. The van der Waals surface area contributed by atoms with Crippen molar-refractivity contribution in [3.05, 3.63) is 69.7 Å². The van der Waals surface area contributed by atoms with Crippen molar-refractivity contribution in [2.45, 2.75) is 24.8 Å². The van der Waals surface area contributed by atoms with Crippen LogP contribution in [0.1, 0.15) is 28.5 Å². The predicted molar refractivity (Wildman–Crippen MR) is 151 cm³/mol. The van der Waals surface area contributed by atoms with Crippen LogP contribution in [0.15, 0.2) is 47.6 Å². The van der Waals surface area contributed by atoms with Crippen LogP contribution in [0, 0.1) is 10.1 Å². The van der Waals surface area contributed by atoms with Crippen LogP contribution in [0.3, 0.4) is 0 Å². The smallest absolute Gasteiger partial charge is 0.434 e. The molecule has 1 N–H and O–H groups in total. The molecule has 0 radical (unpaired) electrons. The van der Waals surface area contributed by atoms with E-state index >= 15 is 0 Å². The first-order valence-corrected chi connectivity index (χ1v) is 14.8. The number of carbonyl (C=O) groups is 2. The zero-order chi connectivity index (χ0) is 30.0. The van der Waals surface area contributed by atoms with E-state index in [1.54, 1.807) is 13.0 Å². The molecule has 0 bridgehead atoms. The number of rotatable bonds is 7. The largest absolute Gasteiger partial charge is 0.448 e. The van der Waals surface area contributed by atoms with Gasteiger partial charge in [-0.15, -0.1) is 5.10 Å². The van der Waals surface area contributed by atoms with Crippen molar-refractivity contribution >= 4 is 39.2 Å². The second-order valence-electron chi connectivity index (χ2n) is 9.86. The molecule has 1 saturated heterocycles. The van der Waals surface area contributed by atoms with Crippen LogP contribution in [0.2, 0.25) is 0 Å². The standard InChI is InChI=1S/C26H30N8O7S/c1-3-41-26(36)33-22-8-10-32(42(39,40)19-5-4-9-27-16-19)17-21(22)24(29-33)28-25(35)20-7-6-18(15-23(20)34(37)38)31-13-11-30(2)12-14-31/h4-7,9,15-16H,3,8,10-14,17H2,1-2H3,(H,28,29,35). The average molecular weight is 599 g/mol. The topological polar surface area (TPSA) is 173 Å². The number of ether oxygens (including phenoxy) is 1. The van der Waals surface area contributed by atoms with Crippen molar-refractivity contribution in [2.75, 3.05) is 56.6 Å². The van der Waals surface area contributed by atoms with Crippen LogP contribution in [0.5, 0.6) is 0 Å². The lowest BCUT2D eigenvalue weighted by atomic mass is 10.1. The highest BCUT2D eigenvalue weighted by Crippen LogP contribution is 2.32. The van der Waals surface area contributed by atoms with E-state index in [0.717, 1.165) is 17.8 Å². The molecule has 2 aliphatic heterocycles. The number of hydrogen-bond acceptors (Lipinski definition) is 11. The highest BCUT2D eigenvalue weighted by molar-refractivity contribution is 7.89. The van der Waals surface area contributed by atoms with Crippen molar-refractivity contribution < 1.29 is 27.7 Å². The summed E-state index contributed by atoms with van der Waals surface area (Å²) in [5.41, 5.74) is 0.705. The van der Waals surface area contributed by atoms with E-state index in [9.17, 15) is 28.1 Å². The SMILES string of the molecule is CCOC(=O)n1nc(NC(=O)c2ccc(N3CCN(C)CC3)cc2[N+](=O)[O-])c2c1CCN(S(=O)(=O)c1cccnc1)C2. The third kappa shape index (κ3) is 5.68. The molecule has 2 aliphatic rings. The van der Waals surface area contributed by atoms with E-state index in [1.165, 1.54) is 41.0 Å². The number of carbonyl (C=O) groups excluding carboxylic acids is 2. The van der Waals surface area contributed by atoms with Crippen LogP contribution in [0.4, 0.5) is 22.0 Å². The van der Waals surface area contributed by atoms with Gasteiger partial charge in [0.2, 0.25) is 10.0 Å². The van der Waals surface area contributed by atoms with E-state index in [4.69, 9.17) is 4.74 Å². The number of amides is 1. The Kier molecular flexibility index (Phi) is 8.20. The fourth-order valence-corrected chi connectivity index (χ4v) is 6.36. The van der Waals surface area contributed by atoms with E-state index in [1.807, 2.05) is 11.9 Å². The lowest BCUT2D eigenvalue weighted by Gasteiger charge is -2.34. The molecule has 0 saturated carbocycles. The van der Waals surface area contributed by atoms with Crippen LogP contribution in [0.25, 0.3) is 0 Å². The number of anilines is 2. The van der Waals surface area contributed by atoms with Gasteiger partial charge in [-0.1, -0.05) is 0 Å². The number of nitrogens with zero attached hydrogens (tertiary/aromatic N) is 7. The molecule has 1 aromatic carbocycles. The second-order valence-corrected chi connectivity index (χ2v) is 11.8. The van der Waals surface area contributed by atoms with Crippen molar-refractivity contribution in [1.82, 2.24) is 24.0 Å². The zero-order valence-corrected chi connectivity index (χ0v) is 23.9. The zero-order valence-electron chi connectivity index (χ0n) is 23.1. The number of hydrogen-bond donors (Lipinski definition) is 1. The fourth-order valence-electron chi connectivity index (χ4n) is 4.98. The lowest BCUT2D eigenvalue weighted by molar-refractivity contribution is -0.385. The monoisotopic (exact) mass is 598 g/mol. The Labute approximate surface area is 241 Å². The minimum absolute atomic E-state index is 0.00659. The highest BCUT2D eigenvalue weighted by atomic mass is 32.2. The Balaban J connectivity index is 1.47. The molecule has 0 unspecified atom stereocenters. The maximum atomic E-state index is 13.4. The first kappa shape index (κ1) is 29.1. The number of fused-ring (bicyclic) bond motifs is 1. The molecule has 2 aromatic heterocycles. The number of nitro groups is 1. The summed E-state index contributed by atoms with van der Waals surface area (Å²) in [4.78, 5) is 45.5. The molecule has 1 amide bonds. The van der Waals surface area contributed by atoms with Gasteiger partial charge in [-0.25, -0.2) is 13.2 Å². The van der Waals surface area contributed by atoms with Crippen molar-refractivity contribution in [2.24, 2.45) is 0 Å². The molecule has 222 valence electrons. The first-order chi connectivity index (χ1) is 20.1. The maximum Gasteiger partial charge on any atom is 0.434 e. The van der Waals surface area contributed by atoms with Crippen molar-refractivity contribution in [3.63, 3.8) is 0 Å². The third-order valence-electron chi connectivity index (χ3n) is 7.26. The number of aromatic nitrogens is 3. The predicted octanol–water partition coefficient (Wildman–Crippen LogP) is 1.94. The van der Waals surface area contributed by atoms with Crippen LogP contribution in [-0.2, 0) is 27.7 Å². The molecule has 0 aliphatic carbocycles. The molecule has 42 heavy (non-hydrogen) atoms. The van der Waals surface area contributed by atoms with Gasteiger partial charge in [-0.2, -0.15) is 8.99 Å². The maximum absolute atomic E-state index is 13.4. The molecular formula is C26H30N8O7S. The van der Waals surface area contributed by atoms with Gasteiger partial charge in [0.15, 0.2) is 5.82 Å². The Morgan fingerprint density at radius 1 is 1.14 bits per heavy atom. The molecule has 1 fully saturated rings. The Bertz CT molecular complexity index is 1620. The summed E-state index contributed by atoms with van der Waals surface area (Å²) in [6.07, 6.45) is 2.01. The minimum Gasteiger partial charge on any atom is -0.448 e. The highest BCUT2D eigenvalue weighted by Gasteiger charge is 2.35. The normalized spacial score (nSPS) is 16.1. The fraction of sp³-hybridized carbons (Fsp3) is 0.385. The number of sulfonamides is 1. The summed E-state index contributed by atoms with van der Waals surface area (Å²) < 4.78 is 33.9. The number of nitro benzene ring substituents is 1. The van der Waals surface area contributed by atoms with Crippen molar-refractivity contribution in [1.29, 1.82) is 0 Å². The second kappa shape index (κ2) is 11.8. The van der Waals surface area contributed by atoms with Crippen LogP contribution < -0.4 is 10.2 Å². The molecule has 0 atom stereocenters. The number of likely N-dealkylation sites (N-methyl/N-ethyl adjacent to an activating group) is 1. The number of piperazine rings is 1. The quantitative estimate of drug-likeness (QED) is 0.311. The molecule has 3 aromatic rings. The van der Waals surface area contributed by atoms with Crippen molar-refractivity contribution in [3.8, 4) is 0 Å². The van der Waals surface area contributed by atoms with Crippen LogP contribution in [-0.4, -0.2) is 95.7 Å². The summed E-state index contributed by atoms with van der Waals surface area (Å²) in [7, 11) is -1.95. The Hall–Kier alpha value is -4.41. The molecule has 15 nitrogen and oxygen atoms in total. The van der Waals surface area contributed by atoms with Gasteiger partial charge in [0.1, 0.15) is 10.5 Å². The molecule has 0 spiro atoms. The summed E-state index contributed by atoms with van der Waals surface area (Å²) in [5, 5.41) is 18.8. The minimum atomic E-state index is -3.95. The van der Waals surface area contributed by atoms with E-state index in [0.29, 0.717) is 24.5 Å².